The lowest BCUT2D eigenvalue weighted by Gasteiger charge is -2.30. The molecule has 0 radical (unpaired) electrons. The SMILES string of the molecule is CN/C(C(=O)N(N)C1OC(COC(C(=O)O)P(NC(C)C)NC(C)C)C(O)C1O)=C(/N)C(=N)C#N. The summed E-state index contributed by atoms with van der Waals surface area (Å²) in [5.74, 6) is 2.24. The predicted octanol–water partition coefficient (Wildman–Crippen LogP) is -2.20. The molecular formula is C19H35N8O7P. The molecule has 35 heavy (non-hydrogen) atoms. The molecule has 1 aliphatic heterocycles. The fourth-order valence-corrected chi connectivity index (χ4v) is 4.97. The van der Waals surface area contributed by atoms with E-state index in [1.165, 1.54) is 13.1 Å². The van der Waals surface area contributed by atoms with E-state index in [4.69, 9.17) is 31.7 Å². The fraction of sp³-hybridized carbons (Fsp3) is 0.684. The van der Waals surface area contributed by atoms with Crippen LogP contribution in [0.25, 0.3) is 0 Å². The molecule has 1 saturated heterocycles. The van der Waals surface area contributed by atoms with Gasteiger partial charge in [0.05, 0.1) is 20.5 Å². The van der Waals surface area contributed by atoms with Crippen molar-refractivity contribution < 1.29 is 34.4 Å². The summed E-state index contributed by atoms with van der Waals surface area (Å²) in [5.41, 5.74) is 4.10. The van der Waals surface area contributed by atoms with E-state index >= 15 is 0 Å². The number of nitrogens with one attached hydrogen (secondary N) is 4. The van der Waals surface area contributed by atoms with Crippen molar-refractivity contribution in [2.45, 2.75) is 70.2 Å². The van der Waals surface area contributed by atoms with Gasteiger partial charge in [0, 0.05) is 19.1 Å². The molecule has 0 aliphatic carbocycles. The molecule has 0 aromatic rings. The minimum absolute atomic E-state index is 0.0430. The lowest BCUT2D eigenvalue weighted by Crippen LogP contribution is -2.53. The summed E-state index contributed by atoms with van der Waals surface area (Å²) in [6.45, 7) is 6.99. The zero-order chi connectivity index (χ0) is 27.0. The second-order valence-corrected chi connectivity index (χ2v) is 9.97. The van der Waals surface area contributed by atoms with Crippen molar-refractivity contribution in [2.75, 3.05) is 13.7 Å². The molecule has 1 aliphatic rings. The van der Waals surface area contributed by atoms with Gasteiger partial charge in [-0.3, -0.25) is 20.4 Å². The molecule has 1 amide bonds. The highest BCUT2D eigenvalue weighted by Gasteiger charge is 2.47. The molecule has 0 aromatic carbocycles. The molecule has 5 unspecified atom stereocenters. The molecule has 16 heteroatoms. The third-order valence-corrected chi connectivity index (χ3v) is 7.05. The molecule has 11 N–H and O–H groups in total. The molecule has 1 rings (SSSR count). The average molecular weight is 519 g/mol. The van der Waals surface area contributed by atoms with Gasteiger partial charge in [-0.1, -0.05) is 0 Å². The molecule has 15 nitrogen and oxygen atoms in total. The quantitative estimate of drug-likeness (QED) is 0.0314. The van der Waals surface area contributed by atoms with Crippen molar-refractivity contribution in [3.05, 3.63) is 11.4 Å². The van der Waals surface area contributed by atoms with E-state index in [0.29, 0.717) is 5.01 Å². The summed E-state index contributed by atoms with van der Waals surface area (Å²) < 4.78 is 11.1. The number of allylic oxidation sites excluding steroid dienone is 1. The van der Waals surface area contributed by atoms with E-state index < -0.39 is 68.5 Å². The highest BCUT2D eigenvalue weighted by Crippen LogP contribution is 2.36. The Morgan fingerprint density at radius 2 is 1.77 bits per heavy atom. The van der Waals surface area contributed by atoms with E-state index in [-0.39, 0.29) is 17.8 Å². The second kappa shape index (κ2) is 13.6. The van der Waals surface area contributed by atoms with Crippen molar-refractivity contribution in [2.24, 2.45) is 11.6 Å². The maximum Gasteiger partial charge on any atom is 0.340 e. The third-order valence-electron chi connectivity index (χ3n) is 4.62. The number of carboxylic acids is 1. The Hall–Kier alpha value is -2.41. The number of ether oxygens (including phenoxy) is 2. The number of hydrogen-bond donors (Lipinski definition) is 9. The van der Waals surface area contributed by atoms with Gasteiger partial charge in [0.15, 0.2) is 11.9 Å². The first-order chi connectivity index (χ1) is 16.3. The molecule has 0 aromatic heterocycles. The summed E-state index contributed by atoms with van der Waals surface area (Å²) in [5, 5.41) is 56.0. The van der Waals surface area contributed by atoms with Crippen molar-refractivity contribution in [1.29, 1.82) is 10.7 Å². The van der Waals surface area contributed by atoms with E-state index in [2.05, 4.69) is 15.5 Å². The summed E-state index contributed by atoms with van der Waals surface area (Å²) >= 11 is 0. The normalized spacial score (nSPS) is 23.7. The first kappa shape index (κ1) is 30.6. The van der Waals surface area contributed by atoms with Crippen LogP contribution in [0.5, 0.6) is 0 Å². The number of nitrogens with two attached hydrogens (primary N) is 2. The van der Waals surface area contributed by atoms with Crippen LogP contribution in [0.3, 0.4) is 0 Å². The van der Waals surface area contributed by atoms with Crippen molar-refractivity contribution >= 4 is 25.8 Å². The van der Waals surface area contributed by atoms with Crippen LogP contribution < -0.4 is 27.1 Å². The molecule has 1 fully saturated rings. The van der Waals surface area contributed by atoms with Gasteiger partial charge < -0.3 is 35.8 Å². The molecule has 1 heterocycles. The van der Waals surface area contributed by atoms with E-state index in [1.807, 2.05) is 27.7 Å². The highest BCUT2D eigenvalue weighted by molar-refractivity contribution is 7.55. The van der Waals surface area contributed by atoms with Gasteiger partial charge in [0.25, 0.3) is 5.91 Å². The Labute approximate surface area is 204 Å². The lowest BCUT2D eigenvalue weighted by atomic mass is 10.1. The zero-order valence-corrected chi connectivity index (χ0v) is 21.1. The Morgan fingerprint density at radius 1 is 1.23 bits per heavy atom. The van der Waals surface area contributed by atoms with Gasteiger partial charge >= 0.3 is 5.97 Å². The number of nitrogens with zero attached hydrogens (tertiary/aromatic N) is 2. The molecule has 0 bridgehead atoms. The fourth-order valence-electron chi connectivity index (χ4n) is 3.05. The predicted molar refractivity (Wildman–Crippen MR) is 126 cm³/mol. The van der Waals surface area contributed by atoms with Crippen LogP contribution in [0.2, 0.25) is 0 Å². The third kappa shape index (κ3) is 8.06. The Morgan fingerprint density at radius 3 is 2.20 bits per heavy atom. The number of hydrazine groups is 1. The minimum atomic E-state index is -1.67. The molecular weight excluding hydrogens is 483 g/mol. The van der Waals surface area contributed by atoms with Gasteiger partial charge in [0.2, 0.25) is 5.85 Å². The number of aliphatic hydroxyl groups excluding tert-OH is 2. The van der Waals surface area contributed by atoms with Gasteiger partial charge in [-0.05, 0) is 27.7 Å². The number of carbonyl (C=O) groups is 2. The van der Waals surface area contributed by atoms with E-state index in [9.17, 15) is 24.9 Å². The van der Waals surface area contributed by atoms with Gasteiger partial charge in [0.1, 0.15) is 30.1 Å². The van der Waals surface area contributed by atoms with Gasteiger partial charge in [-0.25, -0.2) is 15.6 Å². The second-order valence-electron chi connectivity index (χ2n) is 8.25. The van der Waals surface area contributed by atoms with Gasteiger partial charge in [-0.15, -0.1) is 0 Å². The summed E-state index contributed by atoms with van der Waals surface area (Å²) in [4.78, 5) is 24.6. The van der Waals surface area contributed by atoms with Crippen LogP contribution in [0, 0.1) is 16.7 Å². The van der Waals surface area contributed by atoms with E-state index in [0.717, 1.165) is 0 Å². The van der Waals surface area contributed by atoms with Crippen LogP contribution in [0.4, 0.5) is 0 Å². The van der Waals surface area contributed by atoms with Crippen LogP contribution >= 0.6 is 8.22 Å². The number of carbonyl (C=O) groups excluding carboxylic acids is 1. The van der Waals surface area contributed by atoms with Crippen molar-refractivity contribution in [3.8, 4) is 6.07 Å². The van der Waals surface area contributed by atoms with Crippen LogP contribution in [0.1, 0.15) is 27.7 Å². The topological polar surface area (TPSA) is 252 Å². The van der Waals surface area contributed by atoms with Crippen molar-refractivity contribution in [3.63, 3.8) is 0 Å². The summed E-state index contributed by atoms with van der Waals surface area (Å²) in [6.07, 6.45) is -6.00. The van der Waals surface area contributed by atoms with Crippen molar-refractivity contribution in [1.82, 2.24) is 20.5 Å². The standard InChI is InChI=1S/C19H35N8O7P/c1-8(2)25-35(26-9(3)4)19(18(31)32)33-7-11-14(28)15(29)17(34-11)27(23)16(30)13(24-5)12(22)10(21)6-20/h8-9,11,14-15,17,19,21,24-26,28-29H,7,22-23H2,1-5H3,(H,31,32)/b13-12+,21-10?. The lowest BCUT2D eigenvalue weighted by molar-refractivity contribution is -0.154. The summed E-state index contributed by atoms with van der Waals surface area (Å²) in [6, 6.07) is 1.40. The average Bonchev–Trinajstić information content (AvgIpc) is 3.05. The maximum atomic E-state index is 12.7. The maximum absolute atomic E-state index is 12.7. The number of likely N-dealkylation sites (N-methyl/N-ethyl adjacent to an activating group) is 1. The number of hydrogen-bond acceptors (Lipinski definition) is 13. The number of nitriles is 1. The summed E-state index contributed by atoms with van der Waals surface area (Å²) in [7, 11) is -0.217. The number of aliphatic hydroxyl groups is 2. The number of carboxylic acid groups (broad SMARTS) is 1. The number of aliphatic carboxylic acids is 1. The Kier molecular flexibility index (Phi) is 11.9. The first-order valence-electron chi connectivity index (χ1n) is 10.7. The highest BCUT2D eigenvalue weighted by atomic mass is 31.1. The molecule has 5 atom stereocenters. The molecule has 0 spiro atoms. The molecule has 0 saturated carbocycles. The van der Waals surface area contributed by atoms with E-state index in [1.54, 1.807) is 0 Å². The van der Waals surface area contributed by atoms with Crippen LogP contribution in [-0.2, 0) is 19.1 Å². The monoisotopic (exact) mass is 518 g/mol. The largest absolute Gasteiger partial charge is 0.479 e. The number of amides is 1. The first-order valence-corrected chi connectivity index (χ1v) is 12.1. The minimum Gasteiger partial charge on any atom is -0.479 e. The Balaban J connectivity index is 3.01. The van der Waals surface area contributed by atoms with Crippen LogP contribution in [0.15, 0.2) is 11.4 Å². The van der Waals surface area contributed by atoms with Gasteiger partial charge in [-0.2, -0.15) is 5.26 Å². The smallest absolute Gasteiger partial charge is 0.340 e. The molecule has 198 valence electrons. The Bertz CT molecular complexity index is 840. The zero-order valence-electron chi connectivity index (χ0n) is 20.2. The van der Waals surface area contributed by atoms with Crippen LogP contribution in [-0.4, -0.2) is 94.0 Å². The number of rotatable bonds is 13.